The van der Waals surface area contributed by atoms with Crippen molar-refractivity contribution in [3.63, 3.8) is 0 Å². The van der Waals surface area contributed by atoms with Gasteiger partial charge in [-0.2, -0.15) is 26.3 Å². The van der Waals surface area contributed by atoms with Crippen LogP contribution in [-0.2, 0) is 9.09 Å². The second kappa shape index (κ2) is 6.65. The zero-order valence-corrected chi connectivity index (χ0v) is 10.9. The molecule has 0 bridgehead atoms. The maximum Gasteiger partial charge on any atom is 0.471 e. The predicted molar refractivity (Wildman–Crippen MR) is 60.2 cm³/mol. The minimum absolute atomic E-state index is 0.702. The van der Waals surface area contributed by atoms with Gasteiger partial charge in [0.15, 0.2) is 5.60 Å². The molecule has 0 aromatic carbocycles. The Hall–Kier alpha value is -2.44. The van der Waals surface area contributed by atoms with Crippen LogP contribution in [0.4, 0.5) is 0 Å². The second-order valence-electron chi connectivity index (χ2n) is 3.72. The van der Waals surface area contributed by atoms with Gasteiger partial charge in [-0.15, -0.1) is 0 Å². The maximum absolute atomic E-state index is 11.0. The first kappa shape index (κ1) is 17.6. The first-order valence-corrected chi connectivity index (χ1v) is 6.49. The van der Waals surface area contributed by atoms with Crippen molar-refractivity contribution in [1.29, 1.82) is 26.3 Å². The predicted octanol–water partition coefficient (Wildman–Crippen LogP) is 0.609. The molecule has 0 fully saturated rings. The number of hydrogen-bond acceptors (Lipinski definition) is 7. The van der Waals surface area contributed by atoms with Gasteiger partial charge in [0, 0.05) is 0 Å². The van der Waals surface area contributed by atoms with Crippen LogP contribution in [0.5, 0.6) is 0 Å². The zero-order chi connectivity index (χ0) is 15.9. The number of rotatable bonds is 6. The van der Waals surface area contributed by atoms with E-state index in [9.17, 15) is 9.83 Å². The summed E-state index contributed by atoms with van der Waals surface area (Å²) in [4.78, 5) is 17.7. The van der Waals surface area contributed by atoms with E-state index in [4.69, 9.17) is 30.8 Å². The highest BCUT2D eigenvalue weighted by molar-refractivity contribution is 7.46. The van der Waals surface area contributed by atoms with Crippen molar-refractivity contribution in [3.8, 4) is 30.3 Å². The zero-order valence-electron chi connectivity index (χ0n) is 10.0. The number of hydrogen-bond donors (Lipinski definition) is 2. The van der Waals surface area contributed by atoms with Crippen LogP contribution < -0.4 is 0 Å². The summed E-state index contributed by atoms with van der Waals surface area (Å²) in [7, 11) is -5.23. The molecule has 0 rings (SSSR count). The lowest BCUT2D eigenvalue weighted by Crippen LogP contribution is -2.48. The molecule has 0 aliphatic rings. The Labute approximate surface area is 114 Å². The number of phosphoric ester groups is 1. The van der Waals surface area contributed by atoms with Crippen LogP contribution in [0.2, 0.25) is 0 Å². The maximum atomic E-state index is 11.0. The SMILES string of the molecule is N#CCC(C#N)(CC#N)C(C#N)(CC#N)OP(=O)(O)O. The van der Waals surface area contributed by atoms with Crippen LogP contribution in [0, 0.1) is 62.1 Å². The van der Waals surface area contributed by atoms with Crippen LogP contribution >= 0.6 is 7.82 Å². The van der Waals surface area contributed by atoms with Crippen molar-refractivity contribution in [3.05, 3.63) is 0 Å². The number of nitriles is 5. The number of phosphoric acid groups is 1. The molecule has 0 saturated heterocycles. The van der Waals surface area contributed by atoms with Crippen LogP contribution in [0.25, 0.3) is 0 Å². The average Bonchev–Trinajstić information content (AvgIpc) is 2.36. The van der Waals surface area contributed by atoms with Crippen molar-refractivity contribution in [2.24, 2.45) is 5.41 Å². The van der Waals surface area contributed by atoms with E-state index in [1.165, 1.54) is 18.2 Å². The van der Waals surface area contributed by atoms with E-state index in [-0.39, 0.29) is 0 Å². The summed E-state index contributed by atoms with van der Waals surface area (Å²) in [6, 6.07) is 7.50. The molecule has 2 N–H and O–H groups in total. The summed E-state index contributed by atoms with van der Waals surface area (Å²) in [5, 5.41) is 44.5. The molecule has 9 nitrogen and oxygen atoms in total. The van der Waals surface area contributed by atoms with Crippen LogP contribution in [-0.4, -0.2) is 15.4 Å². The van der Waals surface area contributed by atoms with Gasteiger partial charge in [-0.3, -0.25) is 4.52 Å². The summed E-state index contributed by atoms with van der Waals surface area (Å²) in [6.45, 7) is 0. The van der Waals surface area contributed by atoms with Crippen molar-refractivity contribution in [2.75, 3.05) is 0 Å². The molecule has 0 aromatic rings. The van der Waals surface area contributed by atoms with E-state index in [1.54, 1.807) is 12.1 Å². The largest absolute Gasteiger partial charge is 0.471 e. The van der Waals surface area contributed by atoms with E-state index in [2.05, 4.69) is 4.52 Å². The van der Waals surface area contributed by atoms with Crippen molar-refractivity contribution in [1.82, 2.24) is 0 Å². The molecule has 20 heavy (non-hydrogen) atoms. The van der Waals surface area contributed by atoms with E-state index in [0.717, 1.165) is 0 Å². The molecule has 0 saturated carbocycles. The van der Waals surface area contributed by atoms with Gasteiger partial charge < -0.3 is 9.79 Å². The third kappa shape index (κ3) is 3.53. The van der Waals surface area contributed by atoms with E-state index < -0.39 is 38.1 Å². The molecule has 0 spiro atoms. The second-order valence-corrected chi connectivity index (χ2v) is 4.88. The molecule has 102 valence electrons. The fourth-order valence-electron chi connectivity index (χ4n) is 1.56. The third-order valence-corrected chi connectivity index (χ3v) is 3.08. The summed E-state index contributed by atoms with van der Waals surface area (Å²) >= 11 is 0. The lowest BCUT2D eigenvalue weighted by atomic mass is 9.68. The highest BCUT2D eigenvalue weighted by Gasteiger charge is 2.57. The molecular formula is C10H8N5O4P. The van der Waals surface area contributed by atoms with Gasteiger partial charge >= 0.3 is 7.82 Å². The molecule has 0 aliphatic heterocycles. The summed E-state index contributed by atoms with van der Waals surface area (Å²) in [5.74, 6) is 0. The summed E-state index contributed by atoms with van der Waals surface area (Å²) < 4.78 is 15.3. The number of nitrogens with zero attached hydrogens (tertiary/aromatic N) is 5. The first-order chi connectivity index (χ1) is 9.26. The van der Waals surface area contributed by atoms with Crippen LogP contribution in [0.1, 0.15) is 19.3 Å². The molecule has 0 heterocycles. The Morgan fingerprint density at radius 2 is 1.35 bits per heavy atom. The van der Waals surface area contributed by atoms with Gasteiger partial charge in [0.1, 0.15) is 11.5 Å². The highest BCUT2D eigenvalue weighted by Crippen LogP contribution is 2.51. The van der Waals surface area contributed by atoms with Crippen LogP contribution in [0.15, 0.2) is 0 Å². The van der Waals surface area contributed by atoms with Gasteiger partial charge in [0.2, 0.25) is 0 Å². The smallest absolute Gasteiger partial charge is 0.303 e. The lowest BCUT2D eigenvalue weighted by molar-refractivity contribution is 0.00221. The Morgan fingerprint density at radius 1 is 0.900 bits per heavy atom. The molecule has 0 radical (unpaired) electrons. The molecule has 1 atom stereocenters. The van der Waals surface area contributed by atoms with Crippen molar-refractivity contribution in [2.45, 2.75) is 24.9 Å². The molecule has 1 unspecified atom stereocenters. The monoisotopic (exact) mass is 293 g/mol. The normalized spacial score (nSPS) is 13.7. The Kier molecular flexibility index (Phi) is 5.84. The average molecular weight is 293 g/mol. The third-order valence-electron chi connectivity index (χ3n) is 2.53. The van der Waals surface area contributed by atoms with Crippen molar-refractivity contribution < 1.29 is 18.9 Å². The Bertz CT molecular complexity index is 606. The lowest BCUT2D eigenvalue weighted by Gasteiger charge is -2.36. The quantitative estimate of drug-likeness (QED) is 0.661. The fraction of sp³-hybridized carbons (Fsp3) is 0.500. The Morgan fingerprint density at radius 3 is 1.60 bits per heavy atom. The summed E-state index contributed by atoms with van der Waals surface area (Å²) in [5.41, 5.74) is -4.73. The van der Waals surface area contributed by atoms with Gasteiger partial charge in [-0.25, -0.2) is 4.57 Å². The van der Waals surface area contributed by atoms with Gasteiger partial charge in [0.25, 0.3) is 0 Å². The fourth-order valence-corrected chi connectivity index (χ4v) is 2.24. The molecule has 0 aliphatic carbocycles. The standard InChI is InChI=1S/C10H8N5O4P/c11-4-1-9(7-14,2-5-12)10(8-15,3-6-13)19-20(16,17)18/h1-3H2,(H2,16,17,18). The van der Waals surface area contributed by atoms with Crippen molar-refractivity contribution >= 4 is 7.82 Å². The molecular weight excluding hydrogens is 285 g/mol. The topological polar surface area (TPSA) is 186 Å². The molecule has 0 amide bonds. The molecule has 0 aromatic heterocycles. The highest BCUT2D eigenvalue weighted by atomic mass is 31.2. The van der Waals surface area contributed by atoms with E-state index in [1.807, 2.05) is 0 Å². The minimum Gasteiger partial charge on any atom is -0.303 e. The van der Waals surface area contributed by atoms with E-state index in [0.29, 0.717) is 0 Å². The van der Waals surface area contributed by atoms with Gasteiger partial charge in [-0.1, -0.05) is 0 Å². The Balaban J connectivity index is 6.21. The van der Waals surface area contributed by atoms with E-state index >= 15 is 0 Å². The van der Waals surface area contributed by atoms with Crippen LogP contribution in [0.3, 0.4) is 0 Å². The first-order valence-electron chi connectivity index (χ1n) is 4.96. The van der Waals surface area contributed by atoms with Gasteiger partial charge in [-0.05, 0) is 0 Å². The van der Waals surface area contributed by atoms with Gasteiger partial charge in [0.05, 0.1) is 43.5 Å². The molecule has 10 heteroatoms. The minimum atomic E-state index is -5.23. The summed E-state index contributed by atoms with van der Waals surface area (Å²) in [6.07, 6.45) is -2.29.